The van der Waals surface area contributed by atoms with Crippen molar-refractivity contribution in [3.8, 4) is 11.1 Å². The number of halogens is 2. The number of alkyl halides is 1. The highest BCUT2D eigenvalue weighted by Crippen LogP contribution is 2.41. The molecule has 3 aromatic rings. The smallest absolute Gasteiger partial charge is 0.338 e. The van der Waals surface area contributed by atoms with Crippen LogP contribution in [-0.2, 0) is 4.79 Å². The molecule has 0 spiro atoms. The highest BCUT2D eigenvalue weighted by atomic mass is 79.9. The van der Waals surface area contributed by atoms with E-state index in [0.29, 0.717) is 41.6 Å². The van der Waals surface area contributed by atoms with Crippen molar-refractivity contribution in [2.45, 2.75) is 37.8 Å². The zero-order chi connectivity index (χ0) is 23.1. The van der Waals surface area contributed by atoms with Gasteiger partial charge in [0.2, 0.25) is 0 Å². The Morgan fingerprint density at radius 1 is 1.27 bits per heavy atom. The van der Waals surface area contributed by atoms with Gasteiger partial charge in [0, 0.05) is 41.5 Å². The lowest BCUT2D eigenvalue weighted by Crippen LogP contribution is -2.28. The number of pyridine rings is 1. The quantitative estimate of drug-likeness (QED) is 0.501. The third kappa shape index (κ3) is 4.12. The van der Waals surface area contributed by atoms with Gasteiger partial charge in [-0.25, -0.2) is 14.2 Å². The van der Waals surface area contributed by atoms with E-state index in [1.54, 1.807) is 28.7 Å². The number of nitrogens with zero attached hydrogens (tertiary/aromatic N) is 5. The average molecular weight is 533 g/mol. The molecule has 1 aliphatic carbocycles. The van der Waals surface area contributed by atoms with Crippen molar-refractivity contribution in [1.29, 1.82) is 0 Å². The second-order valence-corrected chi connectivity index (χ2v) is 10.2. The summed E-state index contributed by atoms with van der Waals surface area (Å²) in [6, 6.07) is 3.94. The molecule has 0 radical (unpaired) electrons. The van der Waals surface area contributed by atoms with Crippen molar-refractivity contribution >= 4 is 50.2 Å². The van der Waals surface area contributed by atoms with Crippen molar-refractivity contribution in [2.75, 3.05) is 18.0 Å². The standard InChI is InChI=1S/C22H22BrFN6O2S/c23-16-18(12-3-1-11(2-4-12)17(24)22(31)32)29-20-14(10-28-30(20)19(16)25)13-5-6-15(27-9-13)21-26-7-8-33-21/h5-6,9-12,17H,1-4,7-8,25H2,(H,31,32)/t11-,12+,17?. The number of carboxylic acid groups (broad SMARTS) is 1. The number of hydrogen-bond donors (Lipinski definition) is 2. The molecule has 0 aromatic carbocycles. The lowest BCUT2D eigenvalue weighted by atomic mass is 9.78. The third-order valence-electron chi connectivity index (χ3n) is 6.34. The molecular weight excluding hydrogens is 511 g/mol. The first-order valence-electron chi connectivity index (χ1n) is 10.8. The molecule has 1 atom stereocenters. The van der Waals surface area contributed by atoms with Crippen LogP contribution in [0.3, 0.4) is 0 Å². The Labute approximate surface area is 202 Å². The number of hydrogen-bond acceptors (Lipinski definition) is 7. The molecule has 11 heteroatoms. The molecule has 5 rings (SSSR count). The van der Waals surface area contributed by atoms with Crippen LogP contribution in [0.1, 0.15) is 43.0 Å². The van der Waals surface area contributed by atoms with Crippen molar-refractivity contribution in [1.82, 2.24) is 19.6 Å². The number of thioether (sulfide) groups is 1. The van der Waals surface area contributed by atoms with Gasteiger partial charge in [0.1, 0.15) is 10.9 Å². The molecule has 4 heterocycles. The minimum atomic E-state index is -1.82. The number of rotatable bonds is 5. The van der Waals surface area contributed by atoms with Crippen LogP contribution in [0.15, 0.2) is 34.0 Å². The number of aliphatic carboxylic acids is 1. The van der Waals surface area contributed by atoms with E-state index in [0.717, 1.165) is 39.9 Å². The number of fused-ring (bicyclic) bond motifs is 1. The Morgan fingerprint density at radius 2 is 2.06 bits per heavy atom. The zero-order valence-electron chi connectivity index (χ0n) is 17.6. The molecular formula is C22H22BrFN6O2S. The highest BCUT2D eigenvalue weighted by molar-refractivity contribution is 9.10. The van der Waals surface area contributed by atoms with E-state index in [1.807, 2.05) is 12.1 Å². The molecule has 0 amide bonds. The van der Waals surface area contributed by atoms with Crippen LogP contribution in [0.25, 0.3) is 16.8 Å². The summed E-state index contributed by atoms with van der Waals surface area (Å²) < 4.78 is 16.2. The van der Waals surface area contributed by atoms with E-state index >= 15 is 0 Å². The SMILES string of the molecule is Nc1c(Br)c([C@H]2CC[C@@H](C(F)C(=O)O)CC2)nc2c(-c3ccc(C4=NCCS4)nc3)cnn12. The van der Waals surface area contributed by atoms with Crippen molar-refractivity contribution in [3.05, 3.63) is 40.4 Å². The number of carboxylic acids is 1. The lowest BCUT2D eigenvalue weighted by Gasteiger charge is -2.29. The summed E-state index contributed by atoms with van der Waals surface area (Å²) in [5.74, 6) is -0.359. The Hall–Kier alpha value is -2.53. The lowest BCUT2D eigenvalue weighted by molar-refractivity contribution is -0.145. The van der Waals surface area contributed by atoms with E-state index in [1.165, 1.54) is 0 Å². The van der Waals surface area contributed by atoms with Gasteiger partial charge in [0.15, 0.2) is 11.8 Å². The summed E-state index contributed by atoms with van der Waals surface area (Å²) in [5.41, 5.74) is 10.4. The maximum Gasteiger partial charge on any atom is 0.338 e. The fourth-order valence-electron chi connectivity index (χ4n) is 4.54. The molecule has 33 heavy (non-hydrogen) atoms. The molecule has 0 bridgehead atoms. The van der Waals surface area contributed by atoms with Crippen molar-refractivity contribution in [2.24, 2.45) is 10.9 Å². The molecule has 3 N–H and O–H groups in total. The first kappa shape index (κ1) is 22.3. The summed E-state index contributed by atoms with van der Waals surface area (Å²) in [6.07, 6.45) is 4.00. The second kappa shape index (κ2) is 9.02. The van der Waals surface area contributed by atoms with E-state index in [2.05, 4.69) is 31.0 Å². The maximum absolute atomic E-state index is 13.9. The van der Waals surface area contributed by atoms with Gasteiger partial charge in [0.25, 0.3) is 0 Å². The predicted molar refractivity (Wildman–Crippen MR) is 129 cm³/mol. The molecule has 8 nitrogen and oxygen atoms in total. The van der Waals surface area contributed by atoms with Crippen molar-refractivity contribution < 1.29 is 14.3 Å². The fraction of sp³-hybridized carbons (Fsp3) is 0.409. The Morgan fingerprint density at radius 3 is 2.70 bits per heavy atom. The largest absolute Gasteiger partial charge is 0.479 e. The van der Waals surface area contributed by atoms with Gasteiger partial charge in [-0.2, -0.15) is 9.61 Å². The van der Waals surface area contributed by atoms with Gasteiger partial charge < -0.3 is 10.8 Å². The van der Waals surface area contributed by atoms with Crippen LogP contribution >= 0.6 is 27.7 Å². The Kier molecular flexibility index (Phi) is 6.09. The molecule has 172 valence electrons. The number of aliphatic imine (C=N–C) groups is 1. The summed E-state index contributed by atoms with van der Waals surface area (Å²) in [7, 11) is 0. The summed E-state index contributed by atoms with van der Waals surface area (Å²) >= 11 is 5.28. The molecule has 2 aliphatic rings. The van der Waals surface area contributed by atoms with E-state index in [9.17, 15) is 9.18 Å². The monoisotopic (exact) mass is 532 g/mol. The van der Waals surface area contributed by atoms with E-state index in [4.69, 9.17) is 15.8 Å². The van der Waals surface area contributed by atoms with Gasteiger partial charge in [-0.15, -0.1) is 11.8 Å². The number of carbonyl (C=O) groups is 1. The molecule has 1 unspecified atom stereocenters. The van der Waals surface area contributed by atoms with Crippen LogP contribution in [0, 0.1) is 5.92 Å². The number of aromatic nitrogens is 4. The predicted octanol–water partition coefficient (Wildman–Crippen LogP) is 4.33. The molecule has 3 aromatic heterocycles. The molecule has 1 fully saturated rings. The fourth-order valence-corrected chi connectivity index (χ4v) is 5.95. The molecule has 1 aliphatic heterocycles. The maximum atomic E-state index is 13.9. The van der Waals surface area contributed by atoms with Gasteiger partial charge in [-0.1, -0.05) is 6.07 Å². The molecule has 1 saturated carbocycles. The summed E-state index contributed by atoms with van der Waals surface area (Å²) in [6.45, 7) is 0.822. The summed E-state index contributed by atoms with van der Waals surface area (Å²) in [5, 5.41) is 14.4. The topological polar surface area (TPSA) is 119 Å². The second-order valence-electron chi connectivity index (χ2n) is 8.31. The van der Waals surface area contributed by atoms with Crippen LogP contribution in [0.2, 0.25) is 0 Å². The number of nitrogens with two attached hydrogens (primary N) is 1. The van der Waals surface area contributed by atoms with E-state index in [-0.39, 0.29) is 5.92 Å². The summed E-state index contributed by atoms with van der Waals surface area (Å²) in [4.78, 5) is 25.0. The normalized spacial score (nSPS) is 21.8. The highest BCUT2D eigenvalue weighted by Gasteiger charge is 2.34. The van der Waals surface area contributed by atoms with Gasteiger partial charge in [0.05, 0.1) is 22.1 Å². The molecule has 0 saturated heterocycles. The Balaban J connectivity index is 1.45. The first-order chi connectivity index (χ1) is 15.9. The van der Waals surface area contributed by atoms with Crippen LogP contribution in [0.4, 0.5) is 10.2 Å². The van der Waals surface area contributed by atoms with Gasteiger partial charge in [-0.05, 0) is 47.7 Å². The van der Waals surface area contributed by atoms with Gasteiger partial charge in [-0.3, -0.25) is 9.98 Å². The minimum absolute atomic E-state index is 0.0598. The van der Waals surface area contributed by atoms with Crippen LogP contribution in [-0.4, -0.2) is 54.2 Å². The van der Waals surface area contributed by atoms with E-state index < -0.39 is 18.1 Å². The van der Waals surface area contributed by atoms with Gasteiger partial charge >= 0.3 is 5.97 Å². The first-order valence-corrected chi connectivity index (χ1v) is 12.6. The Bertz CT molecular complexity index is 1240. The van der Waals surface area contributed by atoms with Crippen molar-refractivity contribution in [3.63, 3.8) is 0 Å². The van der Waals surface area contributed by atoms with Crippen LogP contribution < -0.4 is 5.73 Å². The van der Waals surface area contributed by atoms with Crippen LogP contribution in [0.5, 0.6) is 0 Å². The average Bonchev–Trinajstić information content (AvgIpc) is 3.51. The number of anilines is 1. The zero-order valence-corrected chi connectivity index (χ0v) is 20.0. The third-order valence-corrected chi connectivity index (χ3v) is 8.15. The minimum Gasteiger partial charge on any atom is -0.479 e. The number of nitrogen functional groups attached to an aromatic ring is 1.